The average molecular weight is 569 g/mol. The number of carbonyl (C=O) groups is 3. The van der Waals surface area contributed by atoms with Crippen LogP contribution in [0.3, 0.4) is 0 Å². The highest BCUT2D eigenvalue weighted by Crippen LogP contribution is 2.22. The van der Waals surface area contributed by atoms with E-state index in [9.17, 15) is 14.4 Å². The number of rotatable bonds is 26. The number of unbranched alkanes of at least 4 members (excludes halogenated alkanes) is 14. The van der Waals surface area contributed by atoms with Crippen molar-refractivity contribution in [1.29, 1.82) is 0 Å². The molecule has 8 nitrogen and oxygen atoms in total. The maximum absolute atomic E-state index is 11.4. The van der Waals surface area contributed by atoms with Gasteiger partial charge in [0.2, 0.25) is 0 Å². The summed E-state index contributed by atoms with van der Waals surface area (Å²) in [5, 5.41) is 34.2. The summed E-state index contributed by atoms with van der Waals surface area (Å²) in [6.45, 7) is 1.79. The first-order chi connectivity index (χ1) is 17.8. The van der Waals surface area contributed by atoms with Crippen molar-refractivity contribution in [3.8, 4) is 0 Å². The van der Waals surface area contributed by atoms with Gasteiger partial charge >= 0.3 is 17.9 Å². The molecule has 1 atom stereocenters. The Kier molecular flexibility index (Phi) is 32.2. The monoisotopic (exact) mass is 568 g/mol. The summed E-state index contributed by atoms with van der Waals surface area (Å²) in [5.74, 6) is -0.857. The molecule has 0 heterocycles. The van der Waals surface area contributed by atoms with Crippen molar-refractivity contribution in [3.63, 3.8) is 0 Å². The topological polar surface area (TPSA) is 141 Å². The lowest BCUT2D eigenvalue weighted by Gasteiger charge is -2.08. The fourth-order valence-corrected chi connectivity index (χ4v) is 5.29. The van der Waals surface area contributed by atoms with Crippen molar-refractivity contribution in [2.45, 2.75) is 129 Å². The predicted molar refractivity (Wildman–Crippen MR) is 153 cm³/mol. The van der Waals surface area contributed by atoms with Gasteiger partial charge in [0.05, 0.1) is 19.4 Å². The highest BCUT2D eigenvalue weighted by molar-refractivity contribution is 8.76. The molecule has 0 saturated carbocycles. The molecular weight excluding hydrogens is 516 g/mol. The van der Waals surface area contributed by atoms with Crippen LogP contribution >= 0.6 is 21.6 Å². The lowest BCUT2D eigenvalue weighted by Crippen LogP contribution is -2.21. The van der Waals surface area contributed by atoms with Crippen LogP contribution in [0.15, 0.2) is 0 Å². The van der Waals surface area contributed by atoms with Crippen molar-refractivity contribution in [1.82, 2.24) is 0 Å². The average Bonchev–Trinajstić information content (AvgIpc) is 2.87. The van der Waals surface area contributed by atoms with E-state index in [-0.39, 0.29) is 32.0 Å². The molecule has 1 unspecified atom stereocenters. The van der Waals surface area contributed by atoms with Gasteiger partial charge in [0.1, 0.15) is 12.7 Å². The highest BCUT2D eigenvalue weighted by atomic mass is 33.1. The summed E-state index contributed by atoms with van der Waals surface area (Å²) >= 11 is 0. The fraction of sp³-hybridized carbons (Fsp3) is 0.889. The number of hydrogen-bond acceptors (Lipinski definition) is 8. The summed E-state index contributed by atoms with van der Waals surface area (Å²) in [7, 11) is 2.79. The molecule has 0 fully saturated rings. The number of carboxylic acid groups (broad SMARTS) is 2. The highest BCUT2D eigenvalue weighted by Gasteiger charge is 2.07. The molecule has 10 heteroatoms. The van der Waals surface area contributed by atoms with Crippen molar-refractivity contribution in [2.75, 3.05) is 24.7 Å². The van der Waals surface area contributed by atoms with E-state index in [2.05, 4.69) is 6.92 Å². The number of aliphatic carboxylic acids is 2. The number of carboxylic acids is 2. The second kappa shape index (κ2) is 31.2. The van der Waals surface area contributed by atoms with Crippen LogP contribution in [0.4, 0.5) is 0 Å². The third-order valence-electron chi connectivity index (χ3n) is 5.51. The molecule has 0 aromatic rings. The number of hydrogen-bond donors (Lipinski definition) is 4. The SMILES string of the molecule is CCCCCCCCCCCCCCCCCC(=O)OCC(O)CO.O=C(O)CCSSCCC(=O)O. The molecule has 0 rings (SSSR count). The molecule has 0 spiro atoms. The minimum Gasteiger partial charge on any atom is -0.481 e. The zero-order valence-corrected chi connectivity index (χ0v) is 24.5. The first-order valence-corrected chi connectivity index (χ1v) is 16.4. The van der Waals surface area contributed by atoms with Gasteiger partial charge in [0.15, 0.2) is 0 Å². The van der Waals surface area contributed by atoms with Crippen molar-refractivity contribution in [3.05, 3.63) is 0 Å². The largest absolute Gasteiger partial charge is 0.481 e. The fourth-order valence-electron chi connectivity index (χ4n) is 3.33. The first kappa shape index (κ1) is 38.2. The summed E-state index contributed by atoms with van der Waals surface area (Å²) in [4.78, 5) is 31.4. The Morgan fingerprint density at radius 3 is 1.38 bits per heavy atom. The summed E-state index contributed by atoms with van der Waals surface area (Å²) < 4.78 is 4.86. The van der Waals surface area contributed by atoms with Crippen LogP contribution in [0, 0.1) is 0 Å². The maximum Gasteiger partial charge on any atom is 0.305 e. The minimum absolute atomic E-state index is 0.103. The van der Waals surface area contributed by atoms with Crippen molar-refractivity contribution < 1.29 is 39.5 Å². The van der Waals surface area contributed by atoms with E-state index in [4.69, 9.17) is 25.2 Å². The van der Waals surface area contributed by atoms with Crippen LogP contribution in [-0.2, 0) is 19.1 Å². The molecule has 0 aliphatic rings. The van der Waals surface area contributed by atoms with Crippen LogP contribution < -0.4 is 0 Å². The second-order valence-electron chi connectivity index (χ2n) is 9.15. The molecule has 37 heavy (non-hydrogen) atoms. The molecule has 0 amide bonds. The molecule has 220 valence electrons. The molecule has 0 radical (unpaired) electrons. The van der Waals surface area contributed by atoms with E-state index in [1.807, 2.05) is 0 Å². The molecule has 0 bridgehead atoms. The van der Waals surface area contributed by atoms with Crippen LogP contribution in [0.2, 0.25) is 0 Å². The zero-order chi connectivity index (χ0) is 28.0. The molecule has 0 aromatic carbocycles. The van der Waals surface area contributed by atoms with Gasteiger partial charge < -0.3 is 25.2 Å². The van der Waals surface area contributed by atoms with E-state index in [1.54, 1.807) is 0 Å². The Balaban J connectivity index is 0. The molecule has 0 saturated heterocycles. The van der Waals surface area contributed by atoms with Gasteiger partial charge in [0.25, 0.3) is 0 Å². The smallest absolute Gasteiger partial charge is 0.305 e. The third-order valence-corrected chi connectivity index (χ3v) is 7.92. The van der Waals surface area contributed by atoms with E-state index in [0.717, 1.165) is 12.8 Å². The van der Waals surface area contributed by atoms with Crippen LogP contribution in [0.25, 0.3) is 0 Å². The quantitative estimate of drug-likeness (QED) is 0.0521. The van der Waals surface area contributed by atoms with Crippen LogP contribution in [-0.4, -0.2) is 69.2 Å². The Labute approximate surface area is 232 Å². The number of aliphatic hydroxyl groups is 2. The van der Waals surface area contributed by atoms with Gasteiger partial charge in [-0.1, -0.05) is 118 Å². The van der Waals surface area contributed by atoms with Gasteiger partial charge in [0, 0.05) is 17.9 Å². The Morgan fingerprint density at radius 2 is 1.03 bits per heavy atom. The van der Waals surface area contributed by atoms with Gasteiger partial charge in [-0.15, -0.1) is 0 Å². The van der Waals surface area contributed by atoms with Crippen LogP contribution in [0.1, 0.15) is 122 Å². The summed E-state index contributed by atoms with van der Waals surface area (Å²) in [6.07, 6.45) is 19.3. The first-order valence-electron chi connectivity index (χ1n) is 14.0. The maximum atomic E-state index is 11.4. The minimum atomic E-state index is -0.954. The molecule has 0 aliphatic carbocycles. The lowest BCUT2D eigenvalue weighted by molar-refractivity contribution is -0.147. The number of ether oxygens (including phenoxy) is 1. The van der Waals surface area contributed by atoms with Gasteiger partial charge in [-0.2, -0.15) is 0 Å². The lowest BCUT2D eigenvalue weighted by atomic mass is 10.0. The predicted octanol–water partition coefficient (Wildman–Crippen LogP) is 6.46. The van der Waals surface area contributed by atoms with Gasteiger partial charge in [-0.3, -0.25) is 14.4 Å². The number of carbonyl (C=O) groups excluding carboxylic acids is 1. The molecule has 0 aliphatic heterocycles. The van der Waals surface area contributed by atoms with E-state index >= 15 is 0 Å². The molecule has 4 N–H and O–H groups in total. The molecular formula is C27H52O8S2. The standard InChI is InChI=1S/C21H42O4.C6H10O4S2/c1-2-3-4-5-6-7-8-9-10-11-12-13-14-15-16-17-21(24)25-19-20(23)18-22;7-5(8)1-3-11-12-4-2-6(9)10/h20,22-23H,2-19H2,1H3;1-4H2,(H,7,8)(H,9,10). The Hall–Kier alpha value is -0.970. The zero-order valence-electron chi connectivity index (χ0n) is 22.9. The number of esters is 1. The normalized spacial score (nSPS) is 11.4. The van der Waals surface area contributed by atoms with E-state index in [0.29, 0.717) is 17.9 Å². The van der Waals surface area contributed by atoms with Gasteiger partial charge in [-0.05, 0) is 6.42 Å². The molecule has 0 aromatic heterocycles. The van der Waals surface area contributed by atoms with E-state index < -0.39 is 18.0 Å². The summed E-state index contributed by atoms with van der Waals surface area (Å²) in [6, 6.07) is 0. The second-order valence-corrected chi connectivity index (χ2v) is 11.9. The Morgan fingerprint density at radius 1 is 0.649 bits per heavy atom. The van der Waals surface area contributed by atoms with Crippen LogP contribution in [0.5, 0.6) is 0 Å². The Bertz CT molecular complexity index is 517. The van der Waals surface area contributed by atoms with Gasteiger partial charge in [-0.25, -0.2) is 0 Å². The van der Waals surface area contributed by atoms with Crippen molar-refractivity contribution in [2.24, 2.45) is 0 Å². The summed E-state index contributed by atoms with van der Waals surface area (Å²) in [5.41, 5.74) is 0. The third kappa shape index (κ3) is 37.3. The van der Waals surface area contributed by atoms with Crippen molar-refractivity contribution >= 4 is 39.5 Å². The number of aliphatic hydroxyl groups excluding tert-OH is 2. The van der Waals surface area contributed by atoms with E-state index in [1.165, 1.54) is 105 Å².